The third kappa shape index (κ3) is 4.10. The second kappa shape index (κ2) is 7.98. The monoisotopic (exact) mass is 307 g/mol. The zero-order chi connectivity index (χ0) is 15.9. The Morgan fingerprint density at radius 3 is 2.77 bits per heavy atom. The lowest BCUT2D eigenvalue weighted by Gasteiger charge is -2.36. The number of nitrogens with zero attached hydrogens (tertiary/aromatic N) is 1. The Labute approximate surface area is 131 Å². The Hall–Kier alpha value is -1.82. The zero-order valence-electron chi connectivity index (χ0n) is 13.3. The molecule has 0 radical (unpaired) electrons. The highest BCUT2D eigenvalue weighted by Gasteiger charge is 2.28. The van der Waals surface area contributed by atoms with E-state index in [1.54, 1.807) is 13.0 Å². The molecule has 1 fully saturated rings. The Kier molecular flexibility index (Phi) is 6.00. The smallest absolute Gasteiger partial charge is 0.255 e. The number of furan rings is 1. The summed E-state index contributed by atoms with van der Waals surface area (Å²) < 4.78 is 4.90. The Morgan fingerprint density at radius 2 is 2.18 bits per heavy atom. The van der Waals surface area contributed by atoms with Crippen molar-refractivity contribution >= 4 is 11.8 Å². The predicted octanol–water partition coefficient (Wildman–Crippen LogP) is 1.39. The van der Waals surface area contributed by atoms with Crippen molar-refractivity contribution in [2.45, 2.75) is 45.2 Å². The van der Waals surface area contributed by atoms with Crippen molar-refractivity contribution in [1.82, 2.24) is 15.5 Å². The number of piperidine rings is 1. The molecule has 122 valence electrons. The van der Waals surface area contributed by atoms with Gasteiger partial charge in [-0.05, 0) is 45.3 Å². The van der Waals surface area contributed by atoms with E-state index < -0.39 is 6.04 Å². The predicted molar refractivity (Wildman–Crippen MR) is 83.5 cm³/mol. The average Bonchev–Trinajstić information content (AvgIpc) is 3.07. The van der Waals surface area contributed by atoms with E-state index in [-0.39, 0.29) is 17.9 Å². The van der Waals surface area contributed by atoms with Gasteiger partial charge in [0.15, 0.2) is 0 Å². The largest absolute Gasteiger partial charge is 0.472 e. The zero-order valence-corrected chi connectivity index (χ0v) is 13.3. The van der Waals surface area contributed by atoms with Crippen molar-refractivity contribution < 1.29 is 14.0 Å². The van der Waals surface area contributed by atoms with Crippen LogP contribution in [0.2, 0.25) is 0 Å². The van der Waals surface area contributed by atoms with E-state index in [0.29, 0.717) is 5.56 Å². The molecule has 6 heteroatoms. The van der Waals surface area contributed by atoms with Crippen LogP contribution >= 0.6 is 0 Å². The lowest BCUT2D eigenvalue weighted by molar-refractivity contribution is -0.135. The lowest BCUT2D eigenvalue weighted by atomic mass is 10.0. The van der Waals surface area contributed by atoms with Gasteiger partial charge in [0.25, 0.3) is 5.91 Å². The van der Waals surface area contributed by atoms with E-state index in [1.807, 2.05) is 4.90 Å². The van der Waals surface area contributed by atoms with Gasteiger partial charge in [0, 0.05) is 12.6 Å². The molecule has 2 N–H and O–H groups in total. The first-order valence-electron chi connectivity index (χ1n) is 7.97. The summed E-state index contributed by atoms with van der Waals surface area (Å²) in [4.78, 5) is 26.7. The molecule has 1 unspecified atom stereocenters. The topological polar surface area (TPSA) is 74.6 Å². The van der Waals surface area contributed by atoms with Crippen LogP contribution in [0, 0.1) is 0 Å². The van der Waals surface area contributed by atoms with Gasteiger partial charge >= 0.3 is 0 Å². The molecule has 2 rings (SSSR count). The highest BCUT2D eigenvalue weighted by molar-refractivity contribution is 5.97. The average molecular weight is 307 g/mol. The fourth-order valence-corrected chi connectivity index (χ4v) is 2.82. The molecule has 1 aliphatic heterocycles. The van der Waals surface area contributed by atoms with E-state index in [4.69, 9.17) is 4.42 Å². The highest BCUT2D eigenvalue weighted by atomic mass is 16.3. The number of carbonyl (C=O) groups excluding carboxylic acids is 2. The summed E-state index contributed by atoms with van der Waals surface area (Å²) in [5, 5.41) is 6.07. The maximum atomic E-state index is 12.7. The van der Waals surface area contributed by atoms with Crippen LogP contribution in [0.5, 0.6) is 0 Å². The minimum Gasteiger partial charge on any atom is -0.472 e. The molecule has 1 saturated heterocycles. The van der Waals surface area contributed by atoms with Gasteiger partial charge in [-0.15, -0.1) is 0 Å². The minimum atomic E-state index is -0.538. The van der Waals surface area contributed by atoms with E-state index in [2.05, 4.69) is 17.6 Å². The van der Waals surface area contributed by atoms with Crippen molar-refractivity contribution in [3.05, 3.63) is 24.2 Å². The Morgan fingerprint density at radius 1 is 1.45 bits per heavy atom. The van der Waals surface area contributed by atoms with E-state index in [0.717, 1.165) is 38.9 Å². The number of carbonyl (C=O) groups is 2. The normalized spacial score (nSPS) is 17.0. The molecular formula is C16H25N3O3. The van der Waals surface area contributed by atoms with Crippen LogP contribution in [-0.4, -0.2) is 48.4 Å². The van der Waals surface area contributed by atoms with E-state index in [1.165, 1.54) is 12.5 Å². The first kappa shape index (κ1) is 16.5. The van der Waals surface area contributed by atoms with Crippen LogP contribution in [0.3, 0.4) is 0 Å². The lowest BCUT2D eigenvalue weighted by Crippen LogP contribution is -2.53. The van der Waals surface area contributed by atoms with E-state index >= 15 is 0 Å². The fourth-order valence-electron chi connectivity index (χ4n) is 2.82. The van der Waals surface area contributed by atoms with Crippen molar-refractivity contribution in [1.29, 1.82) is 0 Å². The number of rotatable bonds is 6. The maximum absolute atomic E-state index is 12.7. The summed E-state index contributed by atoms with van der Waals surface area (Å²) in [7, 11) is 0. The second-order valence-corrected chi connectivity index (χ2v) is 5.72. The third-order valence-corrected chi connectivity index (χ3v) is 4.00. The summed E-state index contributed by atoms with van der Waals surface area (Å²) in [6, 6.07) is 1.31. The molecule has 1 aromatic rings. The van der Waals surface area contributed by atoms with Gasteiger partial charge in [-0.2, -0.15) is 0 Å². The molecule has 2 heterocycles. The molecular weight excluding hydrogens is 282 g/mol. The van der Waals surface area contributed by atoms with Crippen LogP contribution in [0.15, 0.2) is 23.0 Å². The molecule has 6 nitrogen and oxygen atoms in total. The molecule has 0 spiro atoms. The third-order valence-electron chi connectivity index (χ3n) is 4.00. The summed E-state index contributed by atoms with van der Waals surface area (Å²) in [5.74, 6) is -0.290. The van der Waals surface area contributed by atoms with Gasteiger partial charge in [0.1, 0.15) is 12.3 Å². The molecule has 1 aliphatic rings. The van der Waals surface area contributed by atoms with Crippen LogP contribution in [-0.2, 0) is 4.79 Å². The van der Waals surface area contributed by atoms with Crippen molar-refractivity contribution in [2.24, 2.45) is 0 Å². The summed E-state index contributed by atoms with van der Waals surface area (Å²) in [6.45, 7) is 6.41. The molecule has 1 atom stereocenters. The molecule has 0 aromatic carbocycles. The standard InChI is InChI=1S/C16H25N3O3/c1-3-9-19(14-4-7-17-8-5-14)16(21)12(2)18-15(20)13-6-10-22-11-13/h6,10-12,14,17H,3-5,7-9H2,1-2H3,(H,18,20). The quantitative estimate of drug-likeness (QED) is 0.833. The maximum Gasteiger partial charge on any atom is 0.255 e. The first-order chi connectivity index (χ1) is 10.6. The van der Waals surface area contributed by atoms with Crippen molar-refractivity contribution in [2.75, 3.05) is 19.6 Å². The van der Waals surface area contributed by atoms with E-state index in [9.17, 15) is 9.59 Å². The number of amides is 2. The Bertz CT molecular complexity index is 481. The Balaban J connectivity index is 1.97. The van der Waals surface area contributed by atoms with Crippen molar-refractivity contribution in [3.63, 3.8) is 0 Å². The number of hydrogen-bond donors (Lipinski definition) is 2. The SMILES string of the molecule is CCCN(C(=O)C(C)NC(=O)c1ccoc1)C1CCNCC1. The molecule has 22 heavy (non-hydrogen) atoms. The van der Waals surface area contributed by atoms with Gasteiger partial charge < -0.3 is 20.0 Å². The minimum absolute atomic E-state index is 0.00871. The van der Waals surface area contributed by atoms with Crippen LogP contribution in [0.4, 0.5) is 0 Å². The van der Waals surface area contributed by atoms with Gasteiger partial charge in [0.2, 0.25) is 5.91 Å². The summed E-state index contributed by atoms with van der Waals surface area (Å²) >= 11 is 0. The molecule has 2 amide bonds. The van der Waals surface area contributed by atoms with Crippen LogP contribution in [0.25, 0.3) is 0 Å². The first-order valence-corrected chi connectivity index (χ1v) is 7.97. The highest BCUT2D eigenvalue weighted by Crippen LogP contribution is 2.14. The summed E-state index contributed by atoms with van der Waals surface area (Å²) in [5.41, 5.74) is 0.434. The van der Waals surface area contributed by atoms with Crippen LogP contribution < -0.4 is 10.6 Å². The molecule has 0 saturated carbocycles. The van der Waals surface area contributed by atoms with Gasteiger partial charge in [-0.25, -0.2) is 0 Å². The van der Waals surface area contributed by atoms with Gasteiger partial charge in [0.05, 0.1) is 11.8 Å². The summed E-state index contributed by atoms with van der Waals surface area (Å²) in [6.07, 6.45) is 5.67. The molecule has 1 aromatic heterocycles. The second-order valence-electron chi connectivity index (χ2n) is 5.72. The van der Waals surface area contributed by atoms with Gasteiger partial charge in [-0.1, -0.05) is 6.92 Å². The molecule has 0 aliphatic carbocycles. The van der Waals surface area contributed by atoms with Crippen molar-refractivity contribution in [3.8, 4) is 0 Å². The number of nitrogens with one attached hydrogen (secondary N) is 2. The fraction of sp³-hybridized carbons (Fsp3) is 0.625. The van der Waals surface area contributed by atoms with Crippen LogP contribution in [0.1, 0.15) is 43.5 Å². The molecule has 0 bridgehead atoms. The van der Waals surface area contributed by atoms with Gasteiger partial charge in [-0.3, -0.25) is 9.59 Å². The number of hydrogen-bond acceptors (Lipinski definition) is 4.